The summed E-state index contributed by atoms with van der Waals surface area (Å²) in [5, 5.41) is 3.00. The fraction of sp³-hybridized carbons (Fsp3) is 0.190. The molecule has 1 N–H and O–H groups in total. The third kappa shape index (κ3) is 3.91. The van der Waals surface area contributed by atoms with Crippen LogP contribution in [0.5, 0.6) is 0 Å². The predicted octanol–water partition coefficient (Wildman–Crippen LogP) is 4.25. The largest absolute Gasteiger partial charge is 0.345 e. The molecule has 0 aliphatic carbocycles. The molecule has 126 valence electrons. The van der Waals surface area contributed by atoms with Crippen LogP contribution in [0.25, 0.3) is 11.4 Å². The summed E-state index contributed by atoms with van der Waals surface area (Å²) in [7, 11) is 0. The van der Waals surface area contributed by atoms with Crippen molar-refractivity contribution >= 4 is 5.91 Å². The number of benzene rings is 2. The van der Waals surface area contributed by atoms with Gasteiger partial charge in [0.15, 0.2) is 5.82 Å². The maximum absolute atomic E-state index is 12.6. The third-order valence-corrected chi connectivity index (χ3v) is 4.18. The number of carbonyl (C=O) groups excluding carboxylic acids is 1. The Labute approximate surface area is 148 Å². The topological polar surface area (TPSA) is 54.9 Å². The Kier molecular flexibility index (Phi) is 4.89. The Balaban J connectivity index is 1.78. The first kappa shape index (κ1) is 16.8. The molecule has 0 aliphatic rings. The van der Waals surface area contributed by atoms with Crippen LogP contribution in [-0.2, 0) is 0 Å². The van der Waals surface area contributed by atoms with Gasteiger partial charge in [-0.2, -0.15) is 0 Å². The van der Waals surface area contributed by atoms with Gasteiger partial charge in [0.1, 0.15) is 0 Å². The van der Waals surface area contributed by atoms with Crippen LogP contribution in [0.4, 0.5) is 0 Å². The molecule has 1 atom stereocenters. The van der Waals surface area contributed by atoms with Crippen LogP contribution in [0.3, 0.4) is 0 Å². The van der Waals surface area contributed by atoms with E-state index in [1.54, 1.807) is 6.20 Å². The molecular formula is C21H21N3O. The van der Waals surface area contributed by atoms with Gasteiger partial charge >= 0.3 is 0 Å². The minimum atomic E-state index is -0.163. The molecule has 0 radical (unpaired) electrons. The average molecular weight is 331 g/mol. The number of nitrogens with zero attached hydrogens (tertiary/aromatic N) is 2. The second-order valence-electron chi connectivity index (χ2n) is 6.16. The normalized spacial score (nSPS) is 11.8. The number of aromatic nitrogens is 2. The molecule has 0 unspecified atom stereocenters. The minimum absolute atomic E-state index is 0.0788. The van der Waals surface area contributed by atoms with Crippen molar-refractivity contribution in [2.45, 2.75) is 26.8 Å². The van der Waals surface area contributed by atoms with Crippen molar-refractivity contribution in [3.05, 3.63) is 83.2 Å². The molecule has 0 saturated carbocycles. The first-order valence-electron chi connectivity index (χ1n) is 8.31. The van der Waals surface area contributed by atoms with Crippen molar-refractivity contribution in [3.63, 3.8) is 0 Å². The Hall–Kier alpha value is -3.01. The molecule has 0 aliphatic heterocycles. The van der Waals surface area contributed by atoms with E-state index in [9.17, 15) is 4.79 Å². The Bertz CT molecular complexity index is 873. The second kappa shape index (κ2) is 7.26. The average Bonchev–Trinajstić information content (AvgIpc) is 2.62. The molecule has 3 rings (SSSR count). The maximum Gasteiger partial charge on any atom is 0.255 e. The van der Waals surface area contributed by atoms with E-state index in [1.807, 2.05) is 75.4 Å². The van der Waals surface area contributed by atoms with Gasteiger partial charge in [0.2, 0.25) is 0 Å². The smallest absolute Gasteiger partial charge is 0.255 e. The summed E-state index contributed by atoms with van der Waals surface area (Å²) in [6, 6.07) is 17.8. The van der Waals surface area contributed by atoms with Crippen LogP contribution >= 0.6 is 0 Å². The van der Waals surface area contributed by atoms with Crippen LogP contribution < -0.4 is 5.32 Å². The zero-order chi connectivity index (χ0) is 17.8. The number of hydrogen-bond acceptors (Lipinski definition) is 3. The van der Waals surface area contributed by atoms with E-state index in [0.29, 0.717) is 17.1 Å². The monoisotopic (exact) mass is 331 g/mol. The highest BCUT2D eigenvalue weighted by Crippen LogP contribution is 2.18. The lowest BCUT2D eigenvalue weighted by Gasteiger charge is -2.15. The van der Waals surface area contributed by atoms with Crippen LogP contribution in [0.1, 0.15) is 40.1 Å². The van der Waals surface area contributed by atoms with E-state index >= 15 is 0 Å². The summed E-state index contributed by atoms with van der Waals surface area (Å²) in [6.07, 6.45) is 1.60. The quantitative estimate of drug-likeness (QED) is 0.777. The first-order chi connectivity index (χ1) is 12.0. The fourth-order valence-electron chi connectivity index (χ4n) is 2.63. The predicted molar refractivity (Wildman–Crippen MR) is 99.3 cm³/mol. The van der Waals surface area contributed by atoms with Gasteiger partial charge in [0, 0.05) is 11.8 Å². The number of aryl methyl sites for hydroxylation is 2. The maximum atomic E-state index is 12.6. The summed E-state index contributed by atoms with van der Waals surface area (Å²) in [5.41, 5.74) is 4.36. The number of nitrogens with one attached hydrogen (secondary N) is 1. The molecule has 1 heterocycles. The number of hydrogen-bond donors (Lipinski definition) is 1. The molecule has 4 heteroatoms. The molecule has 0 bridgehead atoms. The standard InChI is InChI=1S/C21H21N3O/c1-14-9-11-18(12-10-14)20-22-13-19(16(3)23-20)21(25)24-15(2)17-7-5-4-6-8-17/h4-13,15H,1-3H3,(H,24,25)/t15-/m0/s1. The zero-order valence-corrected chi connectivity index (χ0v) is 14.7. The van der Waals surface area contributed by atoms with E-state index < -0.39 is 0 Å². The van der Waals surface area contributed by atoms with E-state index in [2.05, 4.69) is 15.3 Å². The minimum Gasteiger partial charge on any atom is -0.345 e. The highest BCUT2D eigenvalue weighted by Gasteiger charge is 2.15. The van der Waals surface area contributed by atoms with E-state index in [4.69, 9.17) is 0 Å². The van der Waals surface area contributed by atoms with Crippen LogP contribution in [-0.4, -0.2) is 15.9 Å². The van der Waals surface area contributed by atoms with Gasteiger partial charge in [-0.15, -0.1) is 0 Å². The van der Waals surface area contributed by atoms with Crippen LogP contribution in [0.15, 0.2) is 60.8 Å². The first-order valence-corrected chi connectivity index (χ1v) is 8.31. The molecule has 4 nitrogen and oxygen atoms in total. The summed E-state index contributed by atoms with van der Waals surface area (Å²) >= 11 is 0. The van der Waals surface area contributed by atoms with E-state index in [-0.39, 0.29) is 11.9 Å². The van der Waals surface area contributed by atoms with E-state index in [0.717, 1.165) is 11.1 Å². The van der Waals surface area contributed by atoms with Gasteiger partial charge in [0.25, 0.3) is 5.91 Å². The second-order valence-corrected chi connectivity index (χ2v) is 6.16. The van der Waals surface area contributed by atoms with Gasteiger partial charge in [0.05, 0.1) is 17.3 Å². The van der Waals surface area contributed by atoms with Gasteiger partial charge < -0.3 is 5.32 Å². The van der Waals surface area contributed by atoms with Crippen molar-refractivity contribution in [1.82, 2.24) is 15.3 Å². The molecule has 0 fully saturated rings. The summed E-state index contributed by atoms with van der Waals surface area (Å²) in [6.45, 7) is 5.84. The third-order valence-electron chi connectivity index (χ3n) is 4.18. The van der Waals surface area contributed by atoms with Crippen LogP contribution in [0, 0.1) is 13.8 Å². The lowest BCUT2D eigenvalue weighted by Crippen LogP contribution is -2.27. The highest BCUT2D eigenvalue weighted by molar-refractivity contribution is 5.95. The summed E-state index contributed by atoms with van der Waals surface area (Å²) in [5.74, 6) is 0.467. The van der Waals surface area contributed by atoms with Gasteiger partial charge in [-0.05, 0) is 26.3 Å². The van der Waals surface area contributed by atoms with Crippen molar-refractivity contribution in [3.8, 4) is 11.4 Å². The molecular weight excluding hydrogens is 310 g/mol. The lowest BCUT2D eigenvalue weighted by molar-refractivity contribution is 0.0938. The van der Waals surface area contributed by atoms with Gasteiger partial charge in [-0.25, -0.2) is 9.97 Å². The Morgan fingerprint density at radius 1 is 1.00 bits per heavy atom. The summed E-state index contributed by atoms with van der Waals surface area (Å²) < 4.78 is 0. The van der Waals surface area contributed by atoms with Crippen molar-refractivity contribution < 1.29 is 4.79 Å². The molecule has 1 amide bonds. The number of rotatable bonds is 4. The Morgan fingerprint density at radius 3 is 2.32 bits per heavy atom. The number of carbonyl (C=O) groups is 1. The summed E-state index contributed by atoms with van der Waals surface area (Å²) in [4.78, 5) is 21.4. The molecule has 1 aromatic heterocycles. The van der Waals surface area contributed by atoms with Gasteiger partial charge in [-0.3, -0.25) is 4.79 Å². The van der Waals surface area contributed by atoms with Crippen molar-refractivity contribution in [2.24, 2.45) is 0 Å². The fourth-order valence-corrected chi connectivity index (χ4v) is 2.63. The molecule has 2 aromatic carbocycles. The Morgan fingerprint density at radius 2 is 1.68 bits per heavy atom. The molecule has 0 saturated heterocycles. The molecule has 3 aromatic rings. The van der Waals surface area contributed by atoms with Crippen LogP contribution in [0.2, 0.25) is 0 Å². The lowest BCUT2D eigenvalue weighted by atomic mass is 10.1. The van der Waals surface area contributed by atoms with Crippen molar-refractivity contribution in [2.75, 3.05) is 0 Å². The molecule has 0 spiro atoms. The molecule has 25 heavy (non-hydrogen) atoms. The van der Waals surface area contributed by atoms with Gasteiger partial charge in [-0.1, -0.05) is 60.2 Å². The highest BCUT2D eigenvalue weighted by atomic mass is 16.1. The zero-order valence-electron chi connectivity index (χ0n) is 14.7. The van der Waals surface area contributed by atoms with E-state index in [1.165, 1.54) is 5.56 Å². The van der Waals surface area contributed by atoms with Crippen molar-refractivity contribution in [1.29, 1.82) is 0 Å². The SMILES string of the molecule is Cc1ccc(-c2ncc(C(=O)N[C@@H](C)c3ccccc3)c(C)n2)cc1. The number of amides is 1.